The fourth-order valence-electron chi connectivity index (χ4n) is 3.24. The van der Waals surface area contributed by atoms with Gasteiger partial charge in [0.25, 0.3) is 0 Å². The molecule has 0 saturated carbocycles. The zero-order valence-corrected chi connectivity index (χ0v) is 18.2. The van der Waals surface area contributed by atoms with Gasteiger partial charge in [-0.25, -0.2) is 0 Å². The fraction of sp³-hybridized carbons (Fsp3) is 0.391. The van der Waals surface area contributed by atoms with Crippen molar-refractivity contribution in [3.05, 3.63) is 54.1 Å². The van der Waals surface area contributed by atoms with Crippen molar-refractivity contribution in [3.63, 3.8) is 0 Å². The lowest BCUT2D eigenvalue weighted by Crippen LogP contribution is -2.27. The van der Waals surface area contributed by atoms with E-state index in [-0.39, 0.29) is 22.6 Å². The van der Waals surface area contributed by atoms with Crippen LogP contribution < -0.4 is 15.0 Å². The summed E-state index contributed by atoms with van der Waals surface area (Å²) in [4.78, 5) is 26.5. The first kappa shape index (κ1) is 21.2. The van der Waals surface area contributed by atoms with Crippen molar-refractivity contribution in [1.82, 2.24) is 0 Å². The van der Waals surface area contributed by atoms with Gasteiger partial charge in [-0.2, -0.15) is 0 Å². The highest BCUT2D eigenvalue weighted by Crippen LogP contribution is 2.42. The summed E-state index contributed by atoms with van der Waals surface area (Å²) < 4.78 is 5.49. The van der Waals surface area contributed by atoms with Gasteiger partial charge in [0, 0.05) is 17.8 Å². The number of carbonyl (C=O) groups is 2. The van der Waals surface area contributed by atoms with Crippen molar-refractivity contribution in [1.29, 1.82) is 0 Å². The Hall–Kier alpha value is -2.47. The van der Waals surface area contributed by atoms with E-state index in [1.165, 1.54) is 0 Å². The summed E-state index contributed by atoms with van der Waals surface area (Å²) in [7, 11) is 0. The Morgan fingerprint density at radius 3 is 2.38 bits per heavy atom. The van der Waals surface area contributed by atoms with Crippen LogP contribution in [-0.4, -0.2) is 24.2 Å². The molecule has 0 radical (unpaired) electrons. The normalized spacial score (nSPS) is 16.8. The standard InChI is InChI=1S/C23H28N2O3S/c1-5-28-19-12-10-18(11-13-19)25-21(27)15-29-22(25)16-6-8-17(9-7-16)24-20(26)14-23(2,3)4/h6-13,22H,5,14-15H2,1-4H3,(H,24,26)/t22-/m1/s1. The number of anilines is 2. The van der Waals surface area contributed by atoms with E-state index in [1.54, 1.807) is 11.8 Å². The zero-order chi connectivity index (χ0) is 21.0. The van der Waals surface area contributed by atoms with Crippen LogP contribution in [0.3, 0.4) is 0 Å². The molecule has 1 N–H and O–H groups in total. The molecule has 1 atom stereocenters. The molecule has 0 aromatic heterocycles. The molecule has 2 aromatic carbocycles. The zero-order valence-electron chi connectivity index (χ0n) is 17.4. The maximum atomic E-state index is 12.5. The molecule has 0 bridgehead atoms. The minimum absolute atomic E-state index is 0.00619. The summed E-state index contributed by atoms with van der Waals surface area (Å²) in [5.41, 5.74) is 2.60. The van der Waals surface area contributed by atoms with E-state index in [4.69, 9.17) is 4.74 Å². The predicted octanol–water partition coefficient (Wildman–Crippen LogP) is 5.24. The molecular weight excluding hydrogens is 384 g/mol. The molecule has 3 rings (SSSR count). The van der Waals surface area contributed by atoms with Gasteiger partial charge in [-0.3, -0.25) is 14.5 Å². The Kier molecular flexibility index (Phi) is 6.52. The third-order valence-corrected chi connectivity index (χ3v) is 5.68. The van der Waals surface area contributed by atoms with Crippen LogP contribution in [0.1, 0.15) is 45.1 Å². The molecule has 29 heavy (non-hydrogen) atoms. The van der Waals surface area contributed by atoms with Crippen LogP contribution >= 0.6 is 11.8 Å². The van der Waals surface area contributed by atoms with Gasteiger partial charge >= 0.3 is 0 Å². The number of amides is 2. The van der Waals surface area contributed by atoms with Crippen LogP contribution in [0.5, 0.6) is 5.75 Å². The van der Waals surface area contributed by atoms with E-state index in [0.29, 0.717) is 18.8 Å². The lowest BCUT2D eigenvalue weighted by atomic mass is 9.92. The number of nitrogens with one attached hydrogen (secondary N) is 1. The topological polar surface area (TPSA) is 58.6 Å². The molecule has 0 aliphatic carbocycles. The Balaban J connectivity index is 1.73. The third kappa shape index (κ3) is 5.54. The predicted molar refractivity (Wildman–Crippen MR) is 119 cm³/mol. The molecule has 0 spiro atoms. The first-order chi connectivity index (χ1) is 13.8. The Morgan fingerprint density at radius 1 is 1.14 bits per heavy atom. The molecule has 0 unspecified atom stereocenters. The van der Waals surface area contributed by atoms with Gasteiger partial charge < -0.3 is 10.1 Å². The summed E-state index contributed by atoms with van der Waals surface area (Å²) >= 11 is 1.61. The Bertz CT molecular complexity index is 857. The molecule has 1 heterocycles. The first-order valence-electron chi connectivity index (χ1n) is 9.83. The van der Waals surface area contributed by atoms with Gasteiger partial charge in [0.1, 0.15) is 11.1 Å². The van der Waals surface area contributed by atoms with Gasteiger partial charge in [-0.05, 0) is 54.3 Å². The van der Waals surface area contributed by atoms with Gasteiger partial charge in [0.15, 0.2) is 0 Å². The van der Waals surface area contributed by atoms with Crippen LogP contribution in [0.15, 0.2) is 48.5 Å². The van der Waals surface area contributed by atoms with E-state index in [0.717, 1.165) is 22.7 Å². The number of nitrogens with zero attached hydrogens (tertiary/aromatic N) is 1. The molecule has 6 heteroatoms. The van der Waals surface area contributed by atoms with Crippen molar-refractivity contribution < 1.29 is 14.3 Å². The van der Waals surface area contributed by atoms with Crippen LogP contribution in [0.25, 0.3) is 0 Å². The van der Waals surface area contributed by atoms with Gasteiger partial charge in [0.2, 0.25) is 11.8 Å². The average molecular weight is 413 g/mol. The van der Waals surface area contributed by atoms with Gasteiger partial charge in [0.05, 0.1) is 12.4 Å². The maximum absolute atomic E-state index is 12.5. The number of hydrogen-bond donors (Lipinski definition) is 1. The Morgan fingerprint density at radius 2 is 1.79 bits per heavy atom. The summed E-state index contributed by atoms with van der Waals surface area (Å²) in [6.45, 7) is 8.68. The lowest BCUT2D eigenvalue weighted by molar-refractivity contribution is -0.118. The van der Waals surface area contributed by atoms with Crippen molar-refractivity contribution in [3.8, 4) is 5.75 Å². The molecule has 1 fully saturated rings. The van der Waals surface area contributed by atoms with Crippen LogP contribution in [0.2, 0.25) is 0 Å². The lowest BCUT2D eigenvalue weighted by Gasteiger charge is -2.25. The van der Waals surface area contributed by atoms with Crippen LogP contribution in [-0.2, 0) is 9.59 Å². The molecular formula is C23H28N2O3S. The summed E-state index contributed by atoms with van der Waals surface area (Å²) in [6, 6.07) is 15.4. The first-order valence-corrected chi connectivity index (χ1v) is 10.9. The number of rotatable bonds is 6. The summed E-state index contributed by atoms with van der Waals surface area (Å²) in [5.74, 6) is 1.34. The smallest absolute Gasteiger partial charge is 0.238 e. The molecule has 1 saturated heterocycles. The highest BCUT2D eigenvalue weighted by Gasteiger charge is 2.34. The molecule has 154 valence electrons. The van der Waals surface area contributed by atoms with E-state index >= 15 is 0 Å². The summed E-state index contributed by atoms with van der Waals surface area (Å²) in [5, 5.41) is 2.86. The SMILES string of the molecule is CCOc1ccc(N2C(=O)CS[C@@H]2c2ccc(NC(=O)CC(C)(C)C)cc2)cc1. The van der Waals surface area contributed by atoms with E-state index in [2.05, 4.69) is 5.32 Å². The second-order valence-corrected chi connectivity index (χ2v) is 9.33. The quantitative estimate of drug-likeness (QED) is 0.705. The van der Waals surface area contributed by atoms with E-state index < -0.39 is 0 Å². The summed E-state index contributed by atoms with van der Waals surface area (Å²) in [6.07, 6.45) is 0.466. The van der Waals surface area contributed by atoms with E-state index in [9.17, 15) is 9.59 Å². The highest BCUT2D eigenvalue weighted by molar-refractivity contribution is 8.00. The maximum Gasteiger partial charge on any atom is 0.238 e. The number of ether oxygens (including phenoxy) is 1. The number of thioether (sulfide) groups is 1. The second-order valence-electron chi connectivity index (χ2n) is 8.26. The minimum Gasteiger partial charge on any atom is -0.494 e. The fourth-order valence-corrected chi connectivity index (χ4v) is 4.41. The largest absolute Gasteiger partial charge is 0.494 e. The van der Waals surface area contributed by atoms with Crippen molar-refractivity contribution in [2.24, 2.45) is 5.41 Å². The van der Waals surface area contributed by atoms with Crippen molar-refractivity contribution >= 4 is 35.0 Å². The minimum atomic E-state index is -0.0835. The average Bonchev–Trinajstić information content (AvgIpc) is 3.03. The van der Waals surface area contributed by atoms with Gasteiger partial charge in [-0.15, -0.1) is 11.8 Å². The number of hydrogen-bond acceptors (Lipinski definition) is 4. The second kappa shape index (κ2) is 8.91. The van der Waals surface area contributed by atoms with Crippen LogP contribution in [0, 0.1) is 5.41 Å². The molecule has 1 aliphatic heterocycles. The highest BCUT2D eigenvalue weighted by atomic mass is 32.2. The number of benzene rings is 2. The van der Waals surface area contributed by atoms with E-state index in [1.807, 2.05) is 81.1 Å². The van der Waals surface area contributed by atoms with Crippen molar-refractivity contribution in [2.75, 3.05) is 22.6 Å². The molecule has 1 aliphatic rings. The number of carbonyl (C=O) groups excluding carboxylic acids is 2. The molecule has 2 amide bonds. The van der Waals surface area contributed by atoms with Crippen molar-refractivity contribution in [2.45, 2.75) is 39.5 Å². The molecule has 5 nitrogen and oxygen atoms in total. The van der Waals surface area contributed by atoms with Gasteiger partial charge in [-0.1, -0.05) is 32.9 Å². The Labute approximate surface area is 176 Å². The van der Waals surface area contributed by atoms with Crippen LogP contribution in [0.4, 0.5) is 11.4 Å². The monoisotopic (exact) mass is 412 g/mol. The molecule has 2 aromatic rings. The third-order valence-electron chi connectivity index (χ3n) is 4.46.